The number of nitrogens with zero attached hydrogens (tertiary/aromatic N) is 4. The number of aryl methyl sites for hydroxylation is 1. The van der Waals surface area contributed by atoms with Crippen LogP contribution >= 0.6 is 11.3 Å². The van der Waals surface area contributed by atoms with Gasteiger partial charge >= 0.3 is 0 Å². The lowest BCUT2D eigenvalue weighted by molar-refractivity contribution is 0.0372. The van der Waals surface area contributed by atoms with Crippen LogP contribution in [0.1, 0.15) is 42.5 Å². The van der Waals surface area contributed by atoms with Crippen LogP contribution in [0.4, 0.5) is 0 Å². The van der Waals surface area contributed by atoms with Crippen molar-refractivity contribution in [2.24, 2.45) is 10.9 Å². The number of fused-ring (bicyclic) bond motifs is 1. The van der Waals surface area contributed by atoms with Crippen LogP contribution in [0.5, 0.6) is 0 Å². The standard InChI is InChI=1S/C24H35N5S/c1-3-25-24(26-13-11-22-18-30-19(2)27-22)29-15-12-23-21(17-29)10-7-14-28(23)16-20-8-5-4-6-9-20/h4-6,8-9,18,21,23H,3,7,10-17H2,1-2H3,(H,25,26). The highest BCUT2D eigenvalue weighted by Crippen LogP contribution is 2.31. The maximum absolute atomic E-state index is 4.95. The Hall–Kier alpha value is -1.92. The molecule has 1 aromatic heterocycles. The van der Waals surface area contributed by atoms with E-state index in [1.165, 1.54) is 37.1 Å². The van der Waals surface area contributed by atoms with Gasteiger partial charge in [0.15, 0.2) is 5.96 Å². The number of piperidine rings is 2. The molecule has 1 N–H and O–H groups in total. The summed E-state index contributed by atoms with van der Waals surface area (Å²) in [6, 6.07) is 11.7. The maximum atomic E-state index is 4.95. The fraction of sp³-hybridized carbons (Fsp3) is 0.583. The number of hydrogen-bond acceptors (Lipinski definition) is 4. The molecule has 1 aromatic carbocycles. The van der Waals surface area contributed by atoms with Gasteiger partial charge in [0.05, 0.1) is 10.7 Å². The summed E-state index contributed by atoms with van der Waals surface area (Å²) in [4.78, 5) is 14.8. The van der Waals surface area contributed by atoms with Gasteiger partial charge in [-0.3, -0.25) is 9.89 Å². The lowest BCUT2D eigenvalue weighted by Crippen LogP contribution is -2.56. The van der Waals surface area contributed by atoms with Crippen molar-refractivity contribution >= 4 is 17.3 Å². The van der Waals surface area contributed by atoms with Crippen molar-refractivity contribution in [2.75, 3.05) is 32.7 Å². The second-order valence-electron chi connectivity index (χ2n) is 8.50. The van der Waals surface area contributed by atoms with Gasteiger partial charge in [-0.05, 0) is 51.1 Å². The smallest absolute Gasteiger partial charge is 0.193 e. The molecular weight excluding hydrogens is 390 g/mol. The van der Waals surface area contributed by atoms with Crippen LogP contribution < -0.4 is 5.32 Å². The van der Waals surface area contributed by atoms with Gasteiger partial charge in [0, 0.05) is 50.6 Å². The van der Waals surface area contributed by atoms with Crippen LogP contribution in [-0.4, -0.2) is 59.5 Å². The van der Waals surface area contributed by atoms with Crippen LogP contribution in [0.25, 0.3) is 0 Å². The van der Waals surface area contributed by atoms with E-state index in [4.69, 9.17) is 4.99 Å². The average molecular weight is 426 g/mol. The summed E-state index contributed by atoms with van der Waals surface area (Å²) in [6.45, 7) is 10.5. The Balaban J connectivity index is 1.36. The third kappa shape index (κ3) is 5.41. The molecule has 2 aromatic rings. The Morgan fingerprint density at radius 2 is 2.10 bits per heavy atom. The fourth-order valence-electron chi connectivity index (χ4n) is 4.94. The summed E-state index contributed by atoms with van der Waals surface area (Å²) >= 11 is 1.72. The summed E-state index contributed by atoms with van der Waals surface area (Å²) in [7, 11) is 0. The van der Waals surface area contributed by atoms with Gasteiger partial charge in [0.1, 0.15) is 0 Å². The van der Waals surface area contributed by atoms with E-state index in [-0.39, 0.29) is 0 Å². The minimum Gasteiger partial charge on any atom is -0.357 e. The van der Waals surface area contributed by atoms with Crippen LogP contribution in [-0.2, 0) is 13.0 Å². The Morgan fingerprint density at radius 1 is 1.23 bits per heavy atom. The van der Waals surface area contributed by atoms with Gasteiger partial charge in [-0.25, -0.2) is 4.98 Å². The average Bonchev–Trinajstić information content (AvgIpc) is 3.19. The van der Waals surface area contributed by atoms with Crippen molar-refractivity contribution in [1.29, 1.82) is 0 Å². The predicted octanol–water partition coefficient (Wildman–Crippen LogP) is 3.95. The molecular formula is C24H35N5S. The Bertz CT molecular complexity index is 818. The molecule has 2 saturated heterocycles. The highest BCUT2D eigenvalue weighted by Gasteiger charge is 2.36. The Morgan fingerprint density at radius 3 is 2.87 bits per heavy atom. The van der Waals surface area contributed by atoms with Gasteiger partial charge in [-0.1, -0.05) is 30.3 Å². The normalized spacial score (nSPS) is 22.7. The number of likely N-dealkylation sites (tertiary alicyclic amines) is 2. The van der Waals surface area contributed by atoms with E-state index >= 15 is 0 Å². The van der Waals surface area contributed by atoms with Gasteiger partial charge in [-0.2, -0.15) is 0 Å². The largest absolute Gasteiger partial charge is 0.357 e. The summed E-state index contributed by atoms with van der Waals surface area (Å²) in [6.07, 6.45) is 4.79. The molecule has 2 aliphatic heterocycles. The first-order valence-electron chi connectivity index (χ1n) is 11.4. The summed E-state index contributed by atoms with van der Waals surface area (Å²) in [5.41, 5.74) is 2.60. The summed E-state index contributed by atoms with van der Waals surface area (Å²) < 4.78 is 0. The van der Waals surface area contributed by atoms with Crippen LogP contribution in [0.15, 0.2) is 40.7 Å². The van der Waals surface area contributed by atoms with Gasteiger partial charge in [0.25, 0.3) is 0 Å². The number of guanidine groups is 1. The molecule has 162 valence electrons. The third-order valence-electron chi connectivity index (χ3n) is 6.34. The molecule has 0 saturated carbocycles. The molecule has 6 heteroatoms. The molecule has 0 aliphatic carbocycles. The number of rotatable bonds is 6. The molecule has 4 rings (SSSR count). The molecule has 3 heterocycles. The van der Waals surface area contributed by atoms with Crippen LogP contribution in [0.3, 0.4) is 0 Å². The summed E-state index contributed by atoms with van der Waals surface area (Å²) in [5.74, 6) is 1.82. The monoisotopic (exact) mass is 425 g/mol. The van der Waals surface area contributed by atoms with Crippen LogP contribution in [0.2, 0.25) is 0 Å². The first-order valence-corrected chi connectivity index (χ1v) is 12.3. The predicted molar refractivity (Wildman–Crippen MR) is 126 cm³/mol. The van der Waals surface area contributed by atoms with Crippen molar-refractivity contribution in [3.05, 3.63) is 52.0 Å². The summed E-state index contributed by atoms with van der Waals surface area (Å²) in [5, 5.41) is 6.83. The molecule has 0 amide bonds. The van der Waals surface area contributed by atoms with E-state index in [0.29, 0.717) is 6.04 Å². The van der Waals surface area contributed by atoms with Gasteiger partial charge in [0.2, 0.25) is 0 Å². The third-order valence-corrected chi connectivity index (χ3v) is 7.16. The van der Waals surface area contributed by atoms with Crippen molar-refractivity contribution in [3.63, 3.8) is 0 Å². The highest BCUT2D eigenvalue weighted by atomic mass is 32.1. The van der Waals surface area contributed by atoms with E-state index in [9.17, 15) is 0 Å². The van der Waals surface area contributed by atoms with E-state index in [2.05, 4.69) is 69.7 Å². The first kappa shape index (κ1) is 21.3. The van der Waals surface area contributed by atoms with Crippen molar-refractivity contribution in [3.8, 4) is 0 Å². The zero-order valence-electron chi connectivity index (χ0n) is 18.4. The van der Waals surface area contributed by atoms with Crippen molar-refractivity contribution in [1.82, 2.24) is 20.1 Å². The van der Waals surface area contributed by atoms with Gasteiger partial charge in [-0.15, -0.1) is 11.3 Å². The second-order valence-corrected chi connectivity index (χ2v) is 9.57. The van der Waals surface area contributed by atoms with Gasteiger partial charge < -0.3 is 10.2 Å². The first-order chi connectivity index (χ1) is 14.7. The molecule has 2 unspecified atom stereocenters. The number of nitrogens with one attached hydrogen (secondary N) is 1. The lowest BCUT2D eigenvalue weighted by atomic mass is 9.83. The minimum atomic E-state index is 0.705. The molecule has 0 spiro atoms. The number of aromatic nitrogens is 1. The second kappa shape index (κ2) is 10.4. The van der Waals surface area contributed by atoms with E-state index in [0.717, 1.165) is 56.0 Å². The fourth-order valence-corrected chi connectivity index (χ4v) is 5.59. The van der Waals surface area contributed by atoms with E-state index < -0.39 is 0 Å². The molecule has 2 aliphatic rings. The number of thiazole rings is 1. The maximum Gasteiger partial charge on any atom is 0.193 e. The minimum absolute atomic E-state index is 0.705. The van der Waals surface area contributed by atoms with Crippen LogP contribution in [0, 0.1) is 12.8 Å². The molecule has 0 bridgehead atoms. The molecule has 2 atom stereocenters. The van der Waals surface area contributed by atoms with E-state index in [1.54, 1.807) is 11.3 Å². The molecule has 30 heavy (non-hydrogen) atoms. The molecule has 0 radical (unpaired) electrons. The Kier molecular flexibility index (Phi) is 7.39. The van der Waals surface area contributed by atoms with Crippen molar-refractivity contribution in [2.45, 2.75) is 52.1 Å². The SMILES string of the molecule is CCNC(=NCCc1csc(C)n1)N1CCC2C(CCCN2Cc2ccccc2)C1. The zero-order chi connectivity index (χ0) is 20.8. The number of hydrogen-bond donors (Lipinski definition) is 1. The highest BCUT2D eigenvalue weighted by molar-refractivity contribution is 7.09. The zero-order valence-corrected chi connectivity index (χ0v) is 19.2. The number of benzene rings is 1. The lowest BCUT2D eigenvalue weighted by Gasteiger charge is -2.48. The van der Waals surface area contributed by atoms with E-state index in [1.807, 2.05) is 0 Å². The molecule has 5 nitrogen and oxygen atoms in total. The van der Waals surface area contributed by atoms with Crippen molar-refractivity contribution < 1.29 is 0 Å². The number of aliphatic imine (C=N–C) groups is 1. The topological polar surface area (TPSA) is 43.8 Å². The molecule has 2 fully saturated rings. The Labute approximate surface area is 185 Å². The quantitative estimate of drug-likeness (QED) is 0.562.